The van der Waals surface area contributed by atoms with Gasteiger partial charge >= 0.3 is 5.97 Å². The second-order valence-electron chi connectivity index (χ2n) is 5.18. The van der Waals surface area contributed by atoms with Gasteiger partial charge in [-0.05, 0) is 25.3 Å². The standard InChI is InChI=1S/C15H30O3Si/c1-4-6-7-8-11-14(19-18-5-2)12-9-10-13(3)15(16)17/h14H,3-12,19H2,1-2H3,(H,16,17). The predicted molar refractivity (Wildman–Crippen MR) is 83.3 cm³/mol. The molecule has 0 saturated heterocycles. The molecule has 0 spiro atoms. The van der Waals surface area contributed by atoms with Gasteiger partial charge in [-0.15, -0.1) is 0 Å². The topological polar surface area (TPSA) is 46.5 Å². The Morgan fingerprint density at radius 3 is 2.47 bits per heavy atom. The molecule has 0 aromatic heterocycles. The molecule has 1 atom stereocenters. The number of unbranched alkanes of at least 4 members (excludes halogenated alkanes) is 3. The summed E-state index contributed by atoms with van der Waals surface area (Å²) in [4.78, 5) is 10.7. The number of carbonyl (C=O) groups is 1. The molecule has 0 aliphatic carbocycles. The second kappa shape index (κ2) is 12.4. The average Bonchev–Trinajstić information content (AvgIpc) is 2.39. The Balaban J connectivity index is 3.84. The maximum atomic E-state index is 10.7. The summed E-state index contributed by atoms with van der Waals surface area (Å²) in [6.07, 6.45) is 9.10. The van der Waals surface area contributed by atoms with Crippen LogP contribution >= 0.6 is 0 Å². The van der Waals surface area contributed by atoms with Crippen molar-refractivity contribution in [3.8, 4) is 0 Å². The quantitative estimate of drug-likeness (QED) is 0.319. The lowest BCUT2D eigenvalue weighted by Crippen LogP contribution is -2.09. The molecule has 1 N–H and O–H groups in total. The van der Waals surface area contributed by atoms with E-state index in [1.54, 1.807) is 0 Å². The van der Waals surface area contributed by atoms with Crippen molar-refractivity contribution < 1.29 is 14.3 Å². The highest BCUT2D eigenvalue weighted by molar-refractivity contribution is 6.29. The van der Waals surface area contributed by atoms with Crippen LogP contribution in [0.25, 0.3) is 0 Å². The first-order valence-corrected chi connectivity index (χ1v) is 8.99. The first kappa shape index (κ1) is 18.4. The fraction of sp³-hybridized carbons (Fsp3) is 0.800. The second-order valence-corrected chi connectivity index (χ2v) is 7.07. The lowest BCUT2D eigenvalue weighted by molar-refractivity contribution is -0.132. The van der Waals surface area contributed by atoms with Gasteiger partial charge in [0.25, 0.3) is 0 Å². The van der Waals surface area contributed by atoms with E-state index in [2.05, 4.69) is 13.5 Å². The van der Waals surface area contributed by atoms with Crippen LogP contribution in [0, 0.1) is 0 Å². The summed E-state index contributed by atoms with van der Waals surface area (Å²) in [7, 11) is -0.450. The third-order valence-electron chi connectivity index (χ3n) is 3.42. The highest BCUT2D eigenvalue weighted by Crippen LogP contribution is 2.23. The highest BCUT2D eigenvalue weighted by Gasteiger charge is 2.11. The highest BCUT2D eigenvalue weighted by atomic mass is 28.2. The largest absolute Gasteiger partial charge is 0.478 e. The van der Waals surface area contributed by atoms with E-state index in [9.17, 15) is 4.79 Å². The summed E-state index contributed by atoms with van der Waals surface area (Å²) in [6, 6.07) is 0. The molecule has 0 heterocycles. The molecular formula is C15H30O3Si. The summed E-state index contributed by atoms with van der Waals surface area (Å²) in [5, 5.41) is 8.77. The lowest BCUT2D eigenvalue weighted by Gasteiger charge is -2.16. The molecule has 0 bridgehead atoms. The Bertz CT molecular complexity index is 254. The maximum Gasteiger partial charge on any atom is 0.330 e. The van der Waals surface area contributed by atoms with Crippen LogP contribution in [0.5, 0.6) is 0 Å². The zero-order valence-electron chi connectivity index (χ0n) is 12.6. The van der Waals surface area contributed by atoms with Gasteiger partial charge in [-0.3, -0.25) is 0 Å². The van der Waals surface area contributed by atoms with Gasteiger partial charge in [-0.25, -0.2) is 4.79 Å². The van der Waals surface area contributed by atoms with Crippen molar-refractivity contribution >= 4 is 15.7 Å². The van der Waals surface area contributed by atoms with Gasteiger partial charge in [-0.1, -0.05) is 52.0 Å². The van der Waals surface area contributed by atoms with E-state index in [1.165, 1.54) is 32.1 Å². The van der Waals surface area contributed by atoms with Gasteiger partial charge in [0.1, 0.15) is 0 Å². The summed E-state index contributed by atoms with van der Waals surface area (Å²) < 4.78 is 5.66. The molecule has 19 heavy (non-hydrogen) atoms. The maximum absolute atomic E-state index is 10.7. The van der Waals surface area contributed by atoms with Crippen molar-refractivity contribution in [3.63, 3.8) is 0 Å². The molecule has 0 aliphatic heterocycles. The van der Waals surface area contributed by atoms with Crippen LogP contribution in [0.2, 0.25) is 5.54 Å². The first-order valence-electron chi connectivity index (χ1n) is 7.60. The summed E-state index contributed by atoms with van der Waals surface area (Å²) in [6.45, 7) is 8.67. The van der Waals surface area contributed by atoms with E-state index in [0.717, 1.165) is 19.4 Å². The lowest BCUT2D eigenvalue weighted by atomic mass is 10.0. The Hall–Kier alpha value is -0.613. The van der Waals surface area contributed by atoms with Crippen LogP contribution in [0.1, 0.15) is 65.2 Å². The van der Waals surface area contributed by atoms with Gasteiger partial charge < -0.3 is 9.53 Å². The van der Waals surface area contributed by atoms with E-state index in [-0.39, 0.29) is 0 Å². The van der Waals surface area contributed by atoms with Crippen LogP contribution < -0.4 is 0 Å². The minimum Gasteiger partial charge on any atom is -0.478 e. The Kier molecular flexibility index (Phi) is 12.0. The Morgan fingerprint density at radius 1 is 1.21 bits per heavy atom. The molecule has 1 unspecified atom stereocenters. The number of aliphatic carboxylic acids is 1. The molecule has 0 amide bonds. The molecule has 3 nitrogen and oxygen atoms in total. The molecule has 0 aromatic carbocycles. The monoisotopic (exact) mass is 286 g/mol. The smallest absolute Gasteiger partial charge is 0.330 e. The molecule has 4 heteroatoms. The number of carboxylic acids is 1. The van der Waals surface area contributed by atoms with Crippen molar-refractivity contribution in [1.82, 2.24) is 0 Å². The SMILES string of the molecule is C=C(CCCC(CCCCCC)[SiH2]OCC)C(=O)O. The van der Waals surface area contributed by atoms with Crippen LogP contribution in [0.4, 0.5) is 0 Å². The summed E-state index contributed by atoms with van der Waals surface area (Å²) in [5.74, 6) is -0.860. The fourth-order valence-electron chi connectivity index (χ4n) is 2.17. The molecule has 0 rings (SSSR count). The van der Waals surface area contributed by atoms with Gasteiger partial charge in [0.15, 0.2) is 9.76 Å². The molecule has 0 aromatic rings. The zero-order chi connectivity index (χ0) is 14.5. The first-order chi connectivity index (χ1) is 9.11. The number of rotatable bonds is 13. The molecular weight excluding hydrogens is 256 g/mol. The van der Waals surface area contributed by atoms with Crippen molar-refractivity contribution in [3.05, 3.63) is 12.2 Å². The number of hydrogen-bond acceptors (Lipinski definition) is 2. The summed E-state index contributed by atoms with van der Waals surface area (Å²) in [5.41, 5.74) is 1.04. The molecule has 112 valence electrons. The van der Waals surface area contributed by atoms with Crippen LogP contribution in [0.15, 0.2) is 12.2 Å². The summed E-state index contributed by atoms with van der Waals surface area (Å²) >= 11 is 0. The van der Waals surface area contributed by atoms with E-state index in [4.69, 9.17) is 9.53 Å². The minimum atomic E-state index is -0.860. The normalized spacial score (nSPS) is 12.9. The van der Waals surface area contributed by atoms with Crippen molar-refractivity contribution in [2.45, 2.75) is 70.8 Å². The number of carboxylic acid groups (broad SMARTS) is 1. The third kappa shape index (κ3) is 11.0. The Labute approximate surface area is 120 Å². The average molecular weight is 286 g/mol. The predicted octanol–water partition coefficient (Wildman–Crippen LogP) is 3.68. The third-order valence-corrected chi connectivity index (χ3v) is 5.35. The molecule has 0 saturated carbocycles. The van der Waals surface area contributed by atoms with Crippen molar-refractivity contribution in [2.75, 3.05) is 6.61 Å². The van der Waals surface area contributed by atoms with E-state index < -0.39 is 15.7 Å². The van der Waals surface area contributed by atoms with Crippen LogP contribution in [-0.2, 0) is 9.22 Å². The Morgan fingerprint density at radius 2 is 1.89 bits per heavy atom. The van der Waals surface area contributed by atoms with E-state index in [1.807, 2.05) is 6.92 Å². The van der Waals surface area contributed by atoms with Gasteiger partial charge in [0.2, 0.25) is 0 Å². The fourth-order valence-corrected chi connectivity index (χ4v) is 3.65. The minimum absolute atomic E-state index is 0.336. The van der Waals surface area contributed by atoms with E-state index >= 15 is 0 Å². The van der Waals surface area contributed by atoms with Gasteiger partial charge in [0, 0.05) is 12.2 Å². The zero-order valence-corrected chi connectivity index (χ0v) is 14.0. The van der Waals surface area contributed by atoms with Crippen LogP contribution in [-0.4, -0.2) is 27.4 Å². The van der Waals surface area contributed by atoms with Crippen LogP contribution in [0.3, 0.4) is 0 Å². The molecule has 0 radical (unpaired) electrons. The molecule has 0 aliphatic rings. The van der Waals surface area contributed by atoms with Gasteiger partial charge in [0.05, 0.1) is 0 Å². The van der Waals surface area contributed by atoms with Crippen molar-refractivity contribution in [1.29, 1.82) is 0 Å². The van der Waals surface area contributed by atoms with Gasteiger partial charge in [-0.2, -0.15) is 0 Å². The molecule has 0 fully saturated rings. The number of hydrogen-bond donors (Lipinski definition) is 1. The van der Waals surface area contributed by atoms with Crippen molar-refractivity contribution in [2.24, 2.45) is 0 Å². The van der Waals surface area contributed by atoms with E-state index in [0.29, 0.717) is 17.5 Å².